The molecule has 0 aliphatic carbocycles. The fourth-order valence-electron chi connectivity index (χ4n) is 1.22. The molecule has 0 fully saturated rings. The molecule has 0 radical (unpaired) electrons. The zero-order chi connectivity index (χ0) is 7.52. The average Bonchev–Trinajstić information content (AvgIpc) is 2.58. The standard InChI is InChI=1S/C9H10N2.2ClH/c1-2-5-11-9(3-1)8-4-6-10-7-8;;/h1-5,10H,6-7H2;2*1H. The molecule has 0 amide bonds. The van der Waals surface area contributed by atoms with Crippen LogP contribution in [0.25, 0.3) is 5.57 Å². The van der Waals surface area contributed by atoms with E-state index in [2.05, 4.69) is 16.4 Å². The summed E-state index contributed by atoms with van der Waals surface area (Å²) in [6, 6.07) is 5.99. The maximum Gasteiger partial charge on any atom is 0.0671 e. The van der Waals surface area contributed by atoms with Crippen LogP contribution in [0.5, 0.6) is 0 Å². The zero-order valence-electron chi connectivity index (χ0n) is 7.06. The Hall–Kier alpha value is -0.570. The molecular weight excluding hydrogens is 207 g/mol. The van der Waals surface area contributed by atoms with Gasteiger partial charge in [-0.1, -0.05) is 12.1 Å². The molecule has 2 rings (SSSR count). The molecule has 0 bridgehead atoms. The summed E-state index contributed by atoms with van der Waals surface area (Å²) in [5, 5.41) is 3.24. The lowest BCUT2D eigenvalue weighted by molar-refractivity contribution is 0.895. The van der Waals surface area contributed by atoms with Gasteiger partial charge in [-0.3, -0.25) is 4.98 Å². The Kier molecular flexibility index (Phi) is 5.71. The number of hydrogen-bond acceptors (Lipinski definition) is 2. The minimum absolute atomic E-state index is 0. The zero-order valence-corrected chi connectivity index (χ0v) is 8.70. The summed E-state index contributed by atoms with van der Waals surface area (Å²) in [6.07, 6.45) is 4.01. The van der Waals surface area contributed by atoms with Crippen LogP contribution < -0.4 is 5.32 Å². The van der Waals surface area contributed by atoms with Crippen molar-refractivity contribution in [2.75, 3.05) is 13.1 Å². The predicted molar refractivity (Wildman–Crippen MR) is 59.6 cm³/mol. The lowest BCUT2D eigenvalue weighted by Crippen LogP contribution is -2.07. The van der Waals surface area contributed by atoms with Crippen molar-refractivity contribution in [2.24, 2.45) is 0 Å². The lowest BCUT2D eigenvalue weighted by Gasteiger charge is -1.98. The van der Waals surface area contributed by atoms with E-state index in [0.29, 0.717) is 0 Å². The van der Waals surface area contributed by atoms with Gasteiger partial charge in [-0.15, -0.1) is 24.8 Å². The van der Waals surface area contributed by atoms with Crippen LogP contribution in [0.4, 0.5) is 0 Å². The Bertz CT molecular complexity index is 272. The van der Waals surface area contributed by atoms with Crippen molar-refractivity contribution in [2.45, 2.75) is 0 Å². The summed E-state index contributed by atoms with van der Waals surface area (Å²) in [4.78, 5) is 4.25. The Labute approximate surface area is 90.3 Å². The molecular formula is C9H12Cl2N2. The Morgan fingerprint density at radius 1 is 1.23 bits per heavy atom. The van der Waals surface area contributed by atoms with E-state index in [1.54, 1.807) is 0 Å². The molecule has 1 aliphatic rings. The van der Waals surface area contributed by atoms with Crippen molar-refractivity contribution in [1.82, 2.24) is 10.3 Å². The highest BCUT2D eigenvalue weighted by atomic mass is 35.5. The van der Waals surface area contributed by atoms with Crippen LogP contribution in [0, 0.1) is 0 Å². The van der Waals surface area contributed by atoms with Gasteiger partial charge in [0.05, 0.1) is 5.69 Å². The monoisotopic (exact) mass is 218 g/mol. The number of halogens is 2. The molecule has 2 nitrogen and oxygen atoms in total. The minimum atomic E-state index is 0. The molecule has 1 aromatic heterocycles. The molecule has 0 saturated heterocycles. The normalized spacial score (nSPS) is 14.0. The van der Waals surface area contributed by atoms with Crippen molar-refractivity contribution in [3.63, 3.8) is 0 Å². The number of aromatic nitrogens is 1. The van der Waals surface area contributed by atoms with E-state index in [0.717, 1.165) is 18.8 Å². The van der Waals surface area contributed by atoms with Gasteiger partial charge in [0.25, 0.3) is 0 Å². The summed E-state index contributed by atoms with van der Waals surface area (Å²) in [6.45, 7) is 1.93. The number of hydrogen-bond donors (Lipinski definition) is 1. The third kappa shape index (κ3) is 2.99. The molecule has 1 N–H and O–H groups in total. The smallest absolute Gasteiger partial charge is 0.0671 e. The summed E-state index contributed by atoms with van der Waals surface area (Å²) < 4.78 is 0. The first-order chi connectivity index (χ1) is 5.47. The van der Waals surface area contributed by atoms with Gasteiger partial charge in [0.2, 0.25) is 0 Å². The Balaban J connectivity index is 0.000000720. The third-order valence-electron chi connectivity index (χ3n) is 1.80. The van der Waals surface area contributed by atoms with Gasteiger partial charge in [0, 0.05) is 19.3 Å². The van der Waals surface area contributed by atoms with Gasteiger partial charge in [-0.25, -0.2) is 0 Å². The number of rotatable bonds is 1. The first-order valence-electron chi connectivity index (χ1n) is 3.78. The van der Waals surface area contributed by atoms with Gasteiger partial charge in [0.1, 0.15) is 0 Å². The van der Waals surface area contributed by atoms with Crippen LogP contribution in [0.1, 0.15) is 5.69 Å². The van der Waals surface area contributed by atoms with Crippen LogP contribution in [0.3, 0.4) is 0 Å². The van der Waals surface area contributed by atoms with Crippen molar-refractivity contribution < 1.29 is 0 Å². The van der Waals surface area contributed by atoms with Crippen LogP contribution in [0.15, 0.2) is 30.5 Å². The summed E-state index contributed by atoms with van der Waals surface area (Å²) >= 11 is 0. The van der Waals surface area contributed by atoms with Gasteiger partial charge in [-0.05, 0) is 17.7 Å². The highest BCUT2D eigenvalue weighted by Crippen LogP contribution is 2.11. The van der Waals surface area contributed by atoms with Gasteiger partial charge < -0.3 is 5.32 Å². The maximum atomic E-state index is 4.25. The molecule has 4 heteroatoms. The van der Waals surface area contributed by atoms with Crippen molar-refractivity contribution in [1.29, 1.82) is 0 Å². The SMILES string of the molecule is C1=C(c2ccccn2)CNC1.Cl.Cl. The molecule has 0 spiro atoms. The molecule has 2 heterocycles. The molecule has 0 atom stereocenters. The predicted octanol–water partition coefficient (Wildman–Crippen LogP) is 1.91. The highest BCUT2D eigenvalue weighted by molar-refractivity contribution is 5.85. The molecule has 1 aromatic rings. The van der Waals surface area contributed by atoms with Crippen LogP contribution in [0.2, 0.25) is 0 Å². The van der Waals surface area contributed by atoms with E-state index in [-0.39, 0.29) is 24.8 Å². The molecule has 0 unspecified atom stereocenters. The second-order valence-electron chi connectivity index (χ2n) is 2.58. The highest BCUT2D eigenvalue weighted by Gasteiger charge is 2.05. The number of nitrogens with zero attached hydrogens (tertiary/aromatic N) is 1. The second kappa shape index (κ2) is 5.97. The molecule has 13 heavy (non-hydrogen) atoms. The number of nitrogens with one attached hydrogen (secondary N) is 1. The van der Waals surface area contributed by atoms with Crippen LogP contribution >= 0.6 is 24.8 Å². The first-order valence-corrected chi connectivity index (χ1v) is 3.78. The summed E-state index contributed by atoms with van der Waals surface area (Å²) in [5.74, 6) is 0. The largest absolute Gasteiger partial charge is 0.309 e. The average molecular weight is 219 g/mol. The molecule has 72 valence electrons. The van der Waals surface area contributed by atoms with Crippen molar-refractivity contribution in [3.8, 4) is 0 Å². The van der Waals surface area contributed by atoms with Crippen molar-refractivity contribution >= 4 is 30.4 Å². The van der Waals surface area contributed by atoms with Gasteiger partial charge in [-0.2, -0.15) is 0 Å². The van der Waals surface area contributed by atoms with Crippen molar-refractivity contribution in [3.05, 3.63) is 36.2 Å². The Morgan fingerprint density at radius 3 is 2.62 bits per heavy atom. The van der Waals surface area contributed by atoms with Crippen LogP contribution in [-0.2, 0) is 0 Å². The van der Waals surface area contributed by atoms with E-state index in [1.807, 2.05) is 24.4 Å². The van der Waals surface area contributed by atoms with Crippen LogP contribution in [-0.4, -0.2) is 18.1 Å². The molecule has 1 aliphatic heterocycles. The Morgan fingerprint density at radius 2 is 2.08 bits per heavy atom. The van der Waals surface area contributed by atoms with E-state index in [4.69, 9.17) is 0 Å². The summed E-state index contributed by atoms with van der Waals surface area (Å²) in [7, 11) is 0. The van der Waals surface area contributed by atoms with E-state index >= 15 is 0 Å². The maximum absolute atomic E-state index is 4.25. The molecule has 0 aromatic carbocycles. The van der Waals surface area contributed by atoms with Gasteiger partial charge >= 0.3 is 0 Å². The molecule has 0 saturated carbocycles. The summed E-state index contributed by atoms with van der Waals surface area (Å²) in [5.41, 5.74) is 2.41. The van der Waals surface area contributed by atoms with E-state index < -0.39 is 0 Å². The first kappa shape index (κ1) is 12.4. The van der Waals surface area contributed by atoms with E-state index in [1.165, 1.54) is 5.57 Å². The fraction of sp³-hybridized carbons (Fsp3) is 0.222. The quantitative estimate of drug-likeness (QED) is 0.780. The lowest BCUT2D eigenvalue weighted by atomic mass is 10.2. The number of pyridine rings is 1. The third-order valence-corrected chi connectivity index (χ3v) is 1.80. The fourth-order valence-corrected chi connectivity index (χ4v) is 1.22. The van der Waals surface area contributed by atoms with E-state index in [9.17, 15) is 0 Å². The minimum Gasteiger partial charge on any atom is -0.309 e. The second-order valence-corrected chi connectivity index (χ2v) is 2.58. The van der Waals surface area contributed by atoms with Gasteiger partial charge in [0.15, 0.2) is 0 Å². The topological polar surface area (TPSA) is 24.9 Å².